The third-order valence-corrected chi connectivity index (χ3v) is 2.82. The average molecular weight is 245 g/mol. The van der Waals surface area contributed by atoms with E-state index in [9.17, 15) is 4.39 Å². The number of hydrogen-bond donors (Lipinski definition) is 1. The molecule has 2 aromatic rings. The van der Waals surface area contributed by atoms with Gasteiger partial charge in [0.2, 0.25) is 0 Å². The number of rotatable bonds is 4. The van der Waals surface area contributed by atoms with Gasteiger partial charge in [-0.2, -0.15) is 0 Å². The van der Waals surface area contributed by atoms with E-state index < -0.39 is 0 Å². The summed E-state index contributed by atoms with van der Waals surface area (Å²) in [4.78, 5) is 0. The number of halogens is 1. The molecule has 0 spiro atoms. The zero-order valence-corrected chi connectivity index (χ0v) is 10.5. The molecule has 0 aliphatic carbocycles. The third-order valence-electron chi connectivity index (χ3n) is 2.82. The molecule has 2 aromatic carbocycles. The van der Waals surface area contributed by atoms with E-state index in [2.05, 4.69) is 5.32 Å². The Morgan fingerprint density at radius 3 is 2.44 bits per heavy atom. The predicted molar refractivity (Wildman–Crippen MR) is 71.4 cm³/mol. The maximum atomic E-state index is 13.9. The summed E-state index contributed by atoms with van der Waals surface area (Å²) in [5, 5.41) is 3.25. The van der Waals surface area contributed by atoms with Crippen molar-refractivity contribution in [3.05, 3.63) is 59.9 Å². The van der Waals surface area contributed by atoms with Gasteiger partial charge in [0, 0.05) is 5.69 Å². The van der Waals surface area contributed by atoms with E-state index in [4.69, 9.17) is 4.74 Å². The molecular formula is C15H16FNO. The van der Waals surface area contributed by atoms with Crippen LogP contribution in [0, 0.1) is 5.82 Å². The Morgan fingerprint density at radius 1 is 1.06 bits per heavy atom. The van der Waals surface area contributed by atoms with Gasteiger partial charge in [0.1, 0.15) is 11.6 Å². The number of methoxy groups -OCH3 is 1. The molecule has 0 aromatic heterocycles. The second-order valence-electron chi connectivity index (χ2n) is 4.09. The summed E-state index contributed by atoms with van der Waals surface area (Å²) in [5.74, 6) is 0.302. The lowest BCUT2D eigenvalue weighted by molar-refractivity contribution is 0.402. The molecule has 1 atom stereocenters. The minimum absolute atomic E-state index is 0.163. The molecule has 0 aliphatic rings. The maximum absolute atomic E-state index is 13.9. The fourth-order valence-electron chi connectivity index (χ4n) is 1.97. The van der Waals surface area contributed by atoms with Gasteiger partial charge in [0.15, 0.2) is 0 Å². The van der Waals surface area contributed by atoms with Crippen LogP contribution < -0.4 is 10.1 Å². The Balaban J connectivity index is 2.26. The number of anilines is 1. The van der Waals surface area contributed by atoms with E-state index in [1.807, 2.05) is 37.3 Å². The van der Waals surface area contributed by atoms with Crippen LogP contribution in [0.15, 0.2) is 48.5 Å². The van der Waals surface area contributed by atoms with Crippen molar-refractivity contribution < 1.29 is 9.13 Å². The summed E-state index contributed by atoms with van der Waals surface area (Å²) in [6, 6.07) is 14.4. The van der Waals surface area contributed by atoms with Gasteiger partial charge in [-0.3, -0.25) is 0 Å². The van der Waals surface area contributed by atoms with Crippen molar-refractivity contribution in [3.63, 3.8) is 0 Å². The minimum atomic E-state index is -0.259. The highest BCUT2D eigenvalue weighted by atomic mass is 19.1. The van der Waals surface area contributed by atoms with Gasteiger partial charge in [0.25, 0.3) is 0 Å². The highest BCUT2D eigenvalue weighted by Crippen LogP contribution is 2.29. The van der Waals surface area contributed by atoms with Crippen molar-refractivity contribution in [1.29, 1.82) is 0 Å². The average Bonchev–Trinajstić information content (AvgIpc) is 2.39. The quantitative estimate of drug-likeness (QED) is 0.878. The number of benzene rings is 2. The molecule has 0 aliphatic heterocycles. The molecule has 0 bridgehead atoms. The van der Waals surface area contributed by atoms with Crippen molar-refractivity contribution >= 4 is 5.69 Å². The number of nitrogens with one attached hydrogen (secondary N) is 1. The van der Waals surface area contributed by atoms with E-state index in [0.717, 1.165) is 5.69 Å². The summed E-state index contributed by atoms with van der Waals surface area (Å²) in [5.41, 5.74) is 1.50. The lowest BCUT2D eigenvalue weighted by Crippen LogP contribution is -2.10. The second-order valence-corrected chi connectivity index (χ2v) is 4.09. The first-order valence-electron chi connectivity index (χ1n) is 5.86. The summed E-state index contributed by atoms with van der Waals surface area (Å²) >= 11 is 0. The van der Waals surface area contributed by atoms with Gasteiger partial charge in [-0.15, -0.1) is 0 Å². The van der Waals surface area contributed by atoms with Gasteiger partial charge >= 0.3 is 0 Å². The summed E-state index contributed by atoms with van der Waals surface area (Å²) in [6.07, 6.45) is 0. The van der Waals surface area contributed by atoms with Crippen molar-refractivity contribution in [1.82, 2.24) is 0 Å². The Kier molecular flexibility index (Phi) is 3.82. The van der Waals surface area contributed by atoms with Gasteiger partial charge in [-0.05, 0) is 31.2 Å². The number of para-hydroxylation sites is 1. The molecule has 0 saturated heterocycles. The van der Waals surface area contributed by atoms with Crippen molar-refractivity contribution in [2.75, 3.05) is 12.4 Å². The number of hydrogen-bond acceptors (Lipinski definition) is 2. The summed E-state index contributed by atoms with van der Waals surface area (Å²) < 4.78 is 19.1. The van der Waals surface area contributed by atoms with Crippen LogP contribution in [0.4, 0.5) is 10.1 Å². The topological polar surface area (TPSA) is 21.3 Å². The minimum Gasteiger partial charge on any atom is -0.496 e. The van der Waals surface area contributed by atoms with Crippen LogP contribution >= 0.6 is 0 Å². The van der Waals surface area contributed by atoms with E-state index in [1.54, 1.807) is 19.2 Å². The molecule has 2 rings (SSSR count). The lowest BCUT2D eigenvalue weighted by atomic mass is 10.1. The molecular weight excluding hydrogens is 229 g/mol. The largest absolute Gasteiger partial charge is 0.496 e. The monoisotopic (exact) mass is 245 g/mol. The standard InChI is InChI=1S/C15H16FNO/c1-11(17-12-7-4-3-5-8-12)15-13(16)9-6-10-14(15)18-2/h3-11,17H,1-2H3. The molecule has 1 N–H and O–H groups in total. The molecule has 0 heterocycles. The van der Waals surface area contributed by atoms with Crippen molar-refractivity contribution in [2.24, 2.45) is 0 Å². The molecule has 18 heavy (non-hydrogen) atoms. The molecule has 94 valence electrons. The summed E-state index contributed by atoms with van der Waals surface area (Å²) in [7, 11) is 1.55. The van der Waals surface area contributed by atoms with E-state index in [-0.39, 0.29) is 11.9 Å². The zero-order valence-electron chi connectivity index (χ0n) is 10.5. The SMILES string of the molecule is COc1cccc(F)c1C(C)Nc1ccccc1. The first-order valence-corrected chi connectivity index (χ1v) is 5.86. The van der Waals surface area contributed by atoms with Crippen molar-refractivity contribution in [2.45, 2.75) is 13.0 Å². The first-order chi connectivity index (χ1) is 8.72. The molecule has 0 amide bonds. The van der Waals surface area contributed by atoms with E-state index >= 15 is 0 Å². The first kappa shape index (κ1) is 12.4. The fraction of sp³-hybridized carbons (Fsp3) is 0.200. The zero-order chi connectivity index (χ0) is 13.0. The van der Waals surface area contributed by atoms with Crippen LogP contribution in [0.2, 0.25) is 0 Å². The normalized spacial score (nSPS) is 11.9. The van der Waals surface area contributed by atoms with Gasteiger partial charge in [-0.25, -0.2) is 4.39 Å². The Hall–Kier alpha value is -2.03. The van der Waals surface area contributed by atoms with Crippen LogP contribution in [0.25, 0.3) is 0 Å². The Morgan fingerprint density at radius 2 is 1.78 bits per heavy atom. The second kappa shape index (κ2) is 5.54. The van der Waals surface area contributed by atoms with E-state index in [0.29, 0.717) is 11.3 Å². The smallest absolute Gasteiger partial charge is 0.132 e. The van der Waals surface area contributed by atoms with Gasteiger partial charge < -0.3 is 10.1 Å². The summed E-state index contributed by atoms with van der Waals surface area (Å²) in [6.45, 7) is 1.91. The van der Waals surface area contributed by atoms with Crippen LogP contribution in [-0.2, 0) is 0 Å². The van der Waals surface area contributed by atoms with Crippen LogP contribution in [0.3, 0.4) is 0 Å². The number of ether oxygens (including phenoxy) is 1. The Bertz CT molecular complexity index is 513. The lowest BCUT2D eigenvalue weighted by Gasteiger charge is -2.19. The molecule has 2 nitrogen and oxygen atoms in total. The molecule has 0 fully saturated rings. The predicted octanol–water partition coefficient (Wildman–Crippen LogP) is 4.01. The molecule has 1 unspecified atom stereocenters. The van der Waals surface area contributed by atoms with Crippen LogP contribution in [-0.4, -0.2) is 7.11 Å². The van der Waals surface area contributed by atoms with Crippen LogP contribution in [0.1, 0.15) is 18.5 Å². The fourth-order valence-corrected chi connectivity index (χ4v) is 1.97. The van der Waals surface area contributed by atoms with E-state index in [1.165, 1.54) is 6.07 Å². The maximum Gasteiger partial charge on any atom is 0.132 e. The van der Waals surface area contributed by atoms with Gasteiger partial charge in [0.05, 0.1) is 18.7 Å². The molecule has 0 radical (unpaired) electrons. The third kappa shape index (κ3) is 2.62. The van der Waals surface area contributed by atoms with Crippen molar-refractivity contribution in [3.8, 4) is 5.75 Å². The van der Waals surface area contributed by atoms with Crippen LogP contribution in [0.5, 0.6) is 5.75 Å². The molecule has 0 saturated carbocycles. The Labute approximate surface area is 106 Å². The highest BCUT2D eigenvalue weighted by Gasteiger charge is 2.15. The molecule has 3 heteroatoms. The van der Waals surface area contributed by atoms with Gasteiger partial charge in [-0.1, -0.05) is 24.3 Å². The highest BCUT2D eigenvalue weighted by molar-refractivity contribution is 5.47.